The third kappa shape index (κ3) is 8.36. The van der Waals surface area contributed by atoms with E-state index < -0.39 is 0 Å². The van der Waals surface area contributed by atoms with Gasteiger partial charge >= 0.3 is 0 Å². The average molecular weight is 1010 g/mol. The van der Waals surface area contributed by atoms with E-state index in [1.165, 1.54) is 95.0 Å². The van der Waals surface area contributed by atoms with Gasteiger partial charge in [-0.3, -0.25) is 0 Å². The monoisotopic (exact) mass is 1010 g/mol. The van der Waals surface area contributed by atoms with Gasteiger partial charge in [0.1, 0.15) is 0 Å². The predicted octanol–water partition coefficient (Wildman–Crippen LogP) is 18.1. The zero-order valence-corrected chi connectivity index (χ0v) is 48.2. The normalized spacial score (nSPS) is 18.0. The Hall–Kier alpha value is -6.84. The molecule has 0 amide bonds. The first-order valence-electron chi connectivity index (χ1n) is 29.1. The first-order chi connectivity index (χ1) is 37.0. The quantitative estimate of drug-likeness (QED) is 0.100. The minimum absolute atomic E-state index is 0.0157. The fraction of sp³-hybridized carbons (Fsp3) is 0.324. The summed E-state index contributed by atoms with van der Waals surface area (Å²) in [6, 6.07) is 63.9. The highest BCUT2D eigenvalue weighted by Gasteiger charge is 2.46. The molecule has 2 heterocycles. The molecular weight excluding hydrogens is 928 g/mol. The Kier molecular flexibility index (Phi) is 13.7. The van der Waals surface area contributed by atoms with Crippen molar-refractivity contribution in [3.05, 3.63) is 245 Å². The lowest BCUT2D eigenvalue weighted by atomic mass is 9.33. The Balaban J connectivity index is 1.20. The van der Waals surface area contributed by atoms with E-state index in [1.807, 2.05) is 0 Å². The van der Waals surface area contributed by atoms with Gasteiger partial charge in [-0.2, -0.15) is 0 Å². The van der Waals surface area contributed by atoms with E-state index in [9.17, 15) is 0 Å². The molecule has 2 aliphatic carbocycles. The van der Waals surface area contributed by atoms with Gasteiger partial charge in [-0.1, -0.05) is 235 Å². The molecule has 3 heteroatoms. The average Bonchev–Trinajstić information content (AvgIpc) is 3.53. The number of fused-ring (bicyclic) bond motifs is 4. The van der Waals surface area contributed by atoms with Crippen molar-refractivity contribution in [2.24, 2.45) is 23.7 Å². The van der Waals surface area contributed by atoms with E-state index in [-0.39, 0.29) is 28.4 Å². The molecular formula is C74H81BN2. The molecule has 390 valence electrons. The lowest BCUT2D eigenvalue weighted by molar-refractivity contribution is 0.402. The minimum atomic E-state index is -0.242. The zero-order valence-electron chi connectivity index (χ0n) is 48.2. The van der Waals surface area contributed by atoms with Gasteiger partial charge < -0.3 is 9.80 Å². The molecule has 0 radical (unpaired) electrons. The fourth-order valence-electron chi connectivity index (χ4n) is 14.0. The minimum Gasteiger partial charge on any atom is -0.311 e. The van der Waals surface area contributed by atoms with Crippen molar-refractivity contribution in [3.8, 4) is 0 Å². The lowest BCUT2D eigenvalue weighted by Crippen LogP contribution is -2.61. The molecule has 4 atom stereocenters. The largest absolute Gasteiger partial charge is 0.311 e. The summed E-state index contributed by atoms with van der Waals surface area (Å²) in [4.78, 5) is 5.29. The SMILES string of the molecule is CC(C)C(C)(C1=CCCC=C1)c1cccc(N2c3cc(C(C)(C4=CCCC=C4)C(C)C)ccc3B3c4ccc(C(C)(c5ccccc5)C(C)C)cc4N(c4cccc(C(C)(c5ccccc5)C(C)C)c4)c4cccc2c43)c1. The highest BCUT2D eigenvalue weighted by Crippen LogP contribution is 2.51. The first-order valence-corrected chi connectivity index (χ1v) is 29.1. The molecule has 0 saturated carbocycles. The van der Waals surface area contributed by atoms with E-state index in [0.717, 1.165) is 25.7 Å². The van der Waals surface area contributed by atoms with Gasteiger partial charge in [-0.25, -0.2) is 0 Å². The van der Waals surface area contributed by atoms with Gasteiger partial charge in [-0.15, -0.1) is 0 Å². The molecule has 0 bridgehead atoms. The molecule has 0 saturated heterocycles. The summed E-state index contributed by atoms with van der Waals surface area (Å²) in [6.45, 7) is 29.0. The third-order valence-electron chi connectivity index (χ3n) is 20.2. The highest BCUT2D eigenvalue weighted by molar-refractivity contribution is 7.00. The second kappa shape index (κ2) is 20.2. The highest BCUT2D eigenvalue weighted by atomic mass is 15.2. The van der Waals surface area contributed by atoms with Gasteiger partial charge in [-0.05, 0) is 159 Å². The van der Waals surface area contributed by atoms with Gasteiger partial charge in [0, 0.05) is 55.8 Å². The molecule has 11 rings (SSSR count). The summed E-state index contributed by atoms with van der Waals surface area (Å²) in [5, 5.41) is 0. The molecule has 0 N–H and O–H groups in total. The maximum absolute atomic E-state index is 2.65. The number of allylic oxidation sites excluding steroid dienone is 8. The fourth-order valence-corrected chi connectivity index (χ4v) is 14.0. The van der Waals surface area contributed by atoms with Crippen molar-refractivity contribution in [3.63, 3.8) is 0 Å². The van der Waals surface area contributed by atoms with Crippen LogP contribution in [0.25, 0.3) is 0 Å². The summed E-state index contributed by atoms with van der Waals surface area (Å²) >= 11 is 0. The predicted molar refractivity (Wildman–Crippen MR) is 333 cm³/mol. The van der Waals surface area contributed by atoms with Crippen molar-refractivity contribution in [1.82, 2.24) is 0 Å². The van der Waals surface area contributed by atoms with Crippen molar-refractivity contribution < 1.29 is 0 Å². The molecule has 0 aromatic heterocycles. The Morgan fingerprint density at radius 1 is 0.351 bits per heavy atom. The van der Waals surface area contributed by atoms with Crippen molar-refractivity contribution in [2.45, 2.75) is 130 Å². The van der Waals surface area contributed by atoms with Crippen molar-refractivity contribution in [1.29, 1.82) is 0 Å². The van der Waals surface area contributed by atoms with Crippen LogP contribution in [0.2, 0.25) is 0 Å². The van der Waals surface area contributed by atoms with Crippen LogP contribution in [0.1, 0.15) is 142 Å². The van der Waals surface area contributed by atoms with Crippen LogP contribution in [-0.4, -0.2) is 6.71 Å². The lowest BCUT2D eigenvalue weighted by Gasteiger charge is -2.46. The molecule has 2 aliphatic heterocycles. The summed E-state index contributed by atoms with van der Waals surface area (Å²) < 4.78 is 0. The van der Waals surface area contributed by atoms with Crippen LogP contribution in [0.3, 0.4) is 0 Å². The van der Waals surface area contributed by atoms with Crippen molar-refractivity contribution in [2.75, 3.05) is 9.80 Å². The smallest absolute Gasteiger partial charge is 0.252 e. The number of rotatable bonds is 14. The van der Waals surface area contributed by atoms with E-state index in [2.05, 4.69) is 293 Å². The van der Waals surface area contributed by atoms with Gasteiger partial charge in [0.2, 0.25) is 0 Å². The van der Waals surface area contributed by atoms with Crippen LogP contribution in [-0.2, 0) is 21.7 Å². The van der Waals surface area contributed by atoms with E-state index in [0.29, 0.717) is 23.7 Å². The maximum Gasteiger partial charge on any atom is 0.252 e. The molecule has 0 spiro atoms. The standard InChI is InChI=1S/C74H81BN2/c1-50(2)71(9,54-28-17-13-18-29-54)58-36-25-38-62(46-58)76-66-40-27-41-67-70(66)75(64-44-42-60(48-68(64)76)73(11,52(5)6)56-32-21-15-22-33-56)65-45-43-61(74(12,53(7)8)57-34-23-16-24-35-57)49-69(65)77(67)63-39-26-37-59(47-63)72(10,51(3)4)55-30-19-14-20-31-55/h13,15,17-19,21-23,25-53H,14,16,20,24H2,1-12H3. The first kappa shape index (κ1) is 52.2. The van der Waals surface area contributed by atoms with Crippen LogP contribution in [0.15, 0.2) is 211 Å². The van der Waals surface area contributed by atoms with Crippen molar-refractivity contribution >= 4 is 57.2 Å². The third-order valence-corrected chi connectivity index (χ3v) is 20.2. The molecule has 4 unspecified atom stereocenters. The second-order valence-corrected chi connectivity index (χ2v) is 24.9. The van der Waals surface area contributed by atoms with Gasteiger partial charge in [0.05, 0.1) is 0 Å². The number of nitrogens with zero attached hydrogens (tertiary/aromatic N) is 2. The molecule has 4 aliphatic rings. The van der Waals surface area contributed by atoms with E-state index in [1.54, 1.807) is 0 Å². The van der Waals surface area contributed by atoms with Crippen LogP contribution in [0.5, 0.6) is 0 Å². The molecule has 7 aromatic carbocycles. The number of hydrogen-bond donors (Lipinski definition) is 0. The number of anilines is 6. The van der Waals surface area contributed by atoms with Gasteiger partial charge in [0.15, 0.2) is 0 Å². The molecule has 77 heavy (non-hydrogen) atoms. The Morgan fingerprint density at radius 3 is 1.10 bits per heavy atom. The van der Waals surface area contributed by atoms with Crippen LogP contribution >= 0.6 is 0 Å². The Bertz CT molecular complexity index is 3460. The Morgan fingerprint density at radius 2 is 0.714 bits per heavy atom. The zero-order chi connectivity index (χ0) is 54.0. The summed E-state index contributed by atoms with van der Waals surface area (Å²) in [7, 11) is 0. The number of benzene rings is 7. The summed E-state index contributed by atoms with van der Waals surface area (Å²) in [5.74, 6) is 1.44. The van der Waals surface area contributed by atoms with Gasteiger partial charge in [0.25, 0.3) is 6.71 Å². The van der Waals surface area contributed by atoms with E-state index >= 15 is 0 Å². The summed E-state index contributed by atoms with van der Waals surface area (Å²) in [5.41, 5.74) is 21.5. The van der Waals surface area contributed by atoms with Crippen LogP contribution in [0.4, 0.5) is 34.1 Å². The maximum atomic E-state index is 2.65. The Labute approximate surface area is 463 Å². The van der Waals surface area contributed by atoms with Crippen LogP contribution < -0.4 is 26.2 Å². The van der Waals surface area contributed by atoms with Crippen LogP contribution in [0, 0.1) is 23.7 Å². The second-order valence-electron chi connectivity index (χ2n) is 24.9. The topological polar surface area (TPSA) is 6.48 Å². The molecule has 0 fully saturated rings. The van der Waals surface area contributed by atoms with E-state index in [4.69, 9.17) is 0 Å². The molecule has 2 nitrogen and oxygen atoms in total. The summed E-state index contributed by atoms with van der Waals surface area (Å²) in [6.07, 6.45) is 18.9. The number of hydrogen-bond acceptors (Lipinski definition) is 2. The molecule has 7 aromatic rings.